The Bertz CT molecular complexity index is 674. The Kier molecular flexibility index (Phi) is 5.74. The molecule has 4 nitrogen and oxygen atoms in total. The van der Waals surface area contributed by atoms with Crippen LogP contribution in [-0.2, 0) is 4.79 Å². The first-order chi connectivity index (χ1) is 12.1. The molecule has 25 heavy (non-hydrogen) atoms. The number of likely N-dealkylation sites (tertiary alicyclic amines) is 1. The van der Waals surface area contributed by atoms with Crippen LogP contribution in [0.2, 0.25) is 0 Å². The normalized spacial score (nSPS) is 16.9. The van der Waals surface area contributed by atoms with Crippen LogP contribution in [0.15, 0.2) is 35.8 Å². The maximum atomic E-state index is 13.2. The summed E-state index contributed by atoms with van der Waals surface area (Å²) >= 11 is 1.72. The van der Waals surface area contributed by atoms with Gasteiger partial charge in [0.25, 0.3) is 0 Å². The molecule has 1 amide bonds. The van der Waals surface area contributed by atoms with Crippen molar-refractivity contribution >= 4 is 17.2 Å². The van der Waals surface area contributed by atoms with E-state index in [9.17, 15) is 4.79 Å². The van der Waals surface area contributed by atoms with Crippen molar-refractivity contribution in [3.8, 4) is 5.75 Å². The smallest absolute Gasteiger partial charge is 0.230 e. The van der Waals surface area contributed by atoms with Crippen LogP contribution < -0.4 is 4.74 Å². The molecule has 0 bridgehead atoms. The number of hydrogen-bond donors (Lipinski definition) is 0. The third-order valence-electron chi connectivity index (χ3n) is 5.01. The largest absolute Gasteiger partial charge is 0.497 e. The van der Waals surface area contributed by atoms with E-state index in [2.05, 4.69) is 18.8 Å². The molecular formula is C20H26N2O2S. The summed E-state index contributed by atoms with van der Waals surface area (Å²) in [5.41, 5.74) is 1.07. The highest BCUT2D eigenvalue weighted by atomic mass is 32.1. The van der Waals surface area contributed by atoms with Crippen LogP contribution in [0.25, 0.3) is 0 Å². The molecule has 1 atom stereocenters. The lowest BCUT2D eigenvalue weighted by Gasteiger charge is -2.35. The third-order valence-corrected chi connectivity index (χ3v) is 5.95. The minimum atomic E-state index is -0.0951. The van der Waals surface area contributed by atoms with Crippen molar-refractivity contribution in [1.82, 2.24) is 9.88 Å². The van der Waals surface area contributed by atoms with E-state index >= 15 is 0 Å². The summed E-state index contributed by atoms with van der Waals surface area (Å²) in [5, 5.41) is 3.24. The number of rotatable bonds is 5. The van der Waals surface area contributed by atoms with Crippen molar-refractivity contribution in [2.24, 2.45) is 5.92 Å². The van der Waals surface area contributed by atoms with Gasteiger partial charge in [0.05, 0.1) is 18.0 Å². The Hall–Kier alpha value is -1.88. The fourth-order valence-corrected chi connectivity index (χ4v) is 4.41. The summed E-state index contributed by atoms with van der Waals surface area (Å²) in [6.07, 6.45) is 3.88. The zero-order valence-electron chi connectivity index (χ0n) is 15.1. The van der Waals surface area contributed by atoms with Gasteiger partial charge in [0.2, 0.25) is 5.91 Å². The lowest BCUT2D eigenvalue weighted by Crippen LogP contribution is -2.41. The van der Waals surface area contributed by atoms with E-state index in [0.717, 1.165) is 37.2 Å². The van der Waals surface area contributed by atoms with Crippen LogP contribution >= 0.6 is 11.3 Å². The molecule has 1 aromatic carbocycles. The molecule has 1 aliphatic rings. The highest BCUT2D eigenvalue weighted by molar-refractivity contribution is 7.09. The van der Waals surface area contributed by atoms with E-state index in [1.165, 1.54) is 5.01 Å². The van der Waals surface area contributed by atoms with Crippen molar-refractivity contribution in [3.05, 3.63) is 46.4 Å². The lowest BCUT2D eigenvalue weighted by molar-refractivity contribution is -0.134. The molecule has 1 aromatic heterocycles. The van der Waals surface area contributed by atoms with Gasteiger partial charge in [-0.2, -0.15) is 0 Å². The molecule has 1 saturated heterocycles. The molecule has 134 valence electrons. The molecule has 0 aliphatic carbocycles. The molecule has 2 aromatic rings. The Balaban J connectivity index is 1.69. The van der Waals surface area contributed by atoms with Crippen LogP contribution in [-0.4, -0.2) is 36.0 Å². The Morgan fingerprint density at radius 2 is 1.92 bits per heavy atom. The number of carbonyl (C=O) groups excluding carboxylic acids is 1. The fourth-order valence-electron chi connectivity index (χ4n) is 3.60. The van der Waals surface area contributed by atoms with E-state index in [1.54, 1.807) is 18.4 Å². The molecule has 2 heterocycles. The molecule has 1 fully saturated rings. The van der Waals surface area contributed by atoms with Crippen LogP contribution in [0.1, 0.15) is 49.1 Å². The maximum Gasteiger partial charge on any atom is 0.230 e. The van der Waals surface area contributed by atoms with Crippen molar-refractivity contribution in [1.29, 1.82) is 0 Å². The molecule has 0 radical (unpaired) electrons. The van der Waals surface area contributed by atoms with Crippen LogP contribution in [0.3, 0.4) is 0 Å². The zero-order chi connectivity index (χ0) is 17.8. The van der Waals surface area contributed by atoms with Gasteiger partial charge in [-0.3, -0.25) is 4.79 Å². The number of aromatic nitrogens is 1. The van der Waals surface area contributed by atoms with Gasteiger partial charge >= 0.3 is 0 Å². The van der Waals surface area contributed by atoms with E-state index in [-0.39, 0.29) is 17.7 Å². The first kappa shape index (κ1) is 17.9. The predicted molar refractivity (Wildman–Crippen MR) is 101 cm³/mol. The predicted octanol–water partition coefficient (Wildman–Crippen LogP) is 4.30. The molecule has 5 heteroatoms. The summed E-state index contributed by atoms with van der Waals surface area (Å²) in [6.45, 7) is 5.88. The van der Waals surface area contributed by atoms with Gasteiger partial charge in [0.15, 0.2) is 0 Å². The van der Waals surface area contributed by atoms with Crippen LogP contribution in [0, 0.1) is 5.92 Å². The Morgan fingerprint density at radius 1 is 1.24 bits per heavy atom. The minimum absolute atomic E-state index is 0.0951. The Morgan fingerprint density at radius 3 is 2.44 bits per heavy atom. The molecule has 0 spiro atoms. The van der Waals surface area contributed by atoms with Crippen molar-refractivity contribution in [2.45, 2.75) is 38.5 Å². The summed E-state index contributed by atoms with van der Waals surface area (Å²) in [5.74, 6) is 1.74. The van der Waals surface area contributed by atoms with E-state index in [4.69, 9.17) is 4.74 Å². The second kappa shape index (κ2) is 8.00. The van der Waals surface area contributed by atoms with E-state index in [1.807, 2.05) is 40.7 Å². The molecule has 0 saturated carbocycles. The number of hydrogen-bond acceptors (Lipinski definition) is 4. The SMILES string of the molecule is COc1ccc(C(C(=O)N2CCC(c3nccs3)CC2)C(C)C)cc1. The molecule has 1 unspecified atom stereocenters. The highest BCUT2D eigenvalue weighted by Crippen LogP contribution is 2.33. The number of nitrogens with zero attached hydrogens (tertiary/aromatic N) is 2. The van der Waals surface area contributed by atoms with Gasteiger partial charge in [-0.15, -0.1) is 11.3 Å². The fraction of sp³-hybridized carbons (Fsp3) is 0.500. The van der Waals surface area contributed by atoms with Gasteiger partial charge in [0.1, 0.15) is 5.75 Å². The number of carbonyl (C=O) groups is 1. The van der Waals surface area contributed by atoms with Crippen molar-refractivity contribution in [2.75, 3.05) is 20.2 Å². The van der Waals surface area contributed by atoms with Crippen molar-refractivity contribution < 1.29 is 9.53 Å². The highest BCUT2D eigenvalue weighted by Gasteiger charge is 2.32. The van der Waals surface area contributed by atoms with Gasteiger partial charge in [-0.1, -0.05) is 26.0 Å². The zero-order valence-corrected chi connectivity index (χ0v) is 16.0. The summed E-state index contributed by atoms with van der Waals surface area (Å²) in [6, 6.07) is 7.91. The number of benzene rings is 1. The second-order valence-corrected chi connectivity index (χ2v) is 7.89. The standard InChI is InChI=1S/C20H26N2O2S/c1-14(2)18(15-4-6-17(24-3)7-5-15)20(23)22-11-8-16(9-12-22)19-21-10-13-25-19/h4-7,10,13-14,16,18H,8-9,11-12H2,1-3H3. The first-order valence-electron chi connectivity index (χ1n) is 8.92. The quantitative estimate of drug-likeness (QED) is 0.800. The maximum absolute atomic E-state index is 13.2. The first-order valence-corrected chi connectivity index (χ1v) is 9.80. The number of thiazole rings is 1. The molecular weight excluding hydrogens is 332 g/mol. The average molecular weight is 359 g/mol. The Labute approximate surface area is 153 Å². The van der Waals surface area contributed by atoms with E-state index in [0.29, 0.717) is 5.92 Å². The topological polar surface area (TPSA) is 42.4 Å². The van der Waals surface area contributed by atoms with Gasteiger partial charge in [0, 0.05) is 30.6 Å². The summed E-state index contributed by atoms with van der Waals surface area (Å²) < 4.78 is 5.23. The van der Waals surface area contributed by atoms with Crippen LogP contribution in [0.4, 0.5) is 0 Å². The number of amides is 1. The second-order valence-electron chi connectivity index (χ2n) is 6.96. The molecule has 0 N–H and O–H groups in total. The van der Waals surface area contributed by atoms with Gasteiger partial charge < -0.3 is 9.64 Å². The van der Waals surface area contributed by atoms with Crippen molar-refractivity contribution in [3.63, 3.8) is 0 Å². The lowest BCUT2D eigenvalue weighted by atomic mass is 9.86. The van der Waals surface area contributed by atoms with Gasteiger partial charge in [-0.05, 0) is 36.5 Å². The molecule has 3 rings (SSSR count). The van der Waals surface area contributed by atoms with Gasteiger partial charge in [-0.25, -0.2) is 4.98 Å². The summed E-state index contributed by atoms with van der Waals surface area (Å²) in [4.78, 5) is 19.7. The number of piperidine rings is 1. The average Bonchev–Trinajstić information content (AvgIpc) is 3.17. The third kappa shape index (κ3) is 4.03. The monoisotopic (exact) mass is 358 g/mol. The number of methoxy groups -OCH3 is 1. The minimum Gasteiger partial charge on any atom is -0.497 e. The number of ether oxygens (including phenoxy) is 1. The van der Waals surface area contributed by atoms with Crippen LogP contribution in [0.5, 0.6) is 5.75 Å². The molecule has 1 aliphatic heterocycles. The van der Waals surface area contributed by atoms with E-state index < -0.39 is 0 Å². The summed E-state index contributed by atoms with van der Waals surface area (Å²) in [7, 11) is 1.66.